The highest BCUT2D eigenvalue weighted by atomic mass is 35.5. The highest BCUT2D eigenvalue weighted by Gasteiger charge is 2.54. The predicted molar refractivity (Wildman–Crippen MR) is 160 cm³/mol. The van der Waals surface area contributed by atoms with Crippen LogP contribution in [0.15, 0.2) is 60.7 Å². The minimum absolute atomic E-state index is 0.00211. The summed E-state index contributed by atoms with van der Waals surface area (Å²) >= 11 is 6.62. The molecule has 8 heteroatoms. The van der Waals surface area contributed by atoms with E-state index in [4.69, 9.17) is 11.6 Å². The molecule has 2 saturated heterocycles. The first-order valence-electron chi connectivity index (χ1n) is 15.1. The van der Waals surface area contributed by atoms with E-state index in [9.17, 15) is 9.59 Å². The molecular formula is C33H40ClN5O2. The van der Waals surface area contributed by atoms with Crippen LogP contribution in [-0.2, 0) is 16.1 Å². The standard InChI is InChI=1S/C33H40ClN5O2/c1-23-28(30(34)37-36-23)29(26-15-9-4-10-16-26)38-19-17-33(18-20-38)32(41)35-27(21-24-11-5-2-6-12-24)31(40)39(33)22-25-13-7-3-8-14-25/h3-4,7-10,13-16,24,27,29H,2,5-6,11-12,17-22H2,1H3,(H,35,41)(H,36,37). The van der Waals surface area contributed by atoms with Crippen LogP contribution in [0, 0.1) is 12.8 Å². The number of aromatic amines is 1. The lowest BCUT2D eigenvalue weighted by atomic mass is 9.78. The van der Waals surface area contributed by atoms with Crippen LogP contribution in [0.25, 0.3) is 0 Å². The summed E-state index contributed by atoms with van der Waals surface area (Å²) in [6.07, 6.45) is 7.87. The number of piperidine rings is 1. The van der Waals surface area contributed by atoms with Gasteiger partial charge in [0, 0.05) is 30.9 Å². The number of aryl methyl sites for hydroxylation is 1. The van der Waals surface area contributed by atoms with Crippen LogP contribution in [0.3, 0.4) is 0 Å². The molecule has 3 heterocycles. The SMILES string of the molecule is Cc1[nH]nc(Cl)c1C(c1ccccc1)N1CCC2(CC1)C(=O)NC(CC1CCCCC1)C(=O)N2Cc1ccccc1. The normalized spacial score (nSPS) is 22.6. The number of halogens is 1. The molecule has 0 bridgehead atoms. The fraction of sp³-hybridized carbons (Fsp3) is 0.485. The zero-order valence-corrected chi connectivity index (χ0v) is 24.6. The van der Waals surface area contributed by atoms with Crippen molar-refractivity contribution in [2.24, 2.45) is 5.92 Å². The van der Waals surface area contributed by atoms with E-state index in [-0.39, 0.29) is 17.9 Å². The number of carbonyl (C=O) groups excluding carboxylic acids is 2. The average molecular weight is 574 g/mol. The molecule has 2 N–H and O–H groups in total. The van der Waals surface area contributed by atoms with Crippen LogP contribution in [-0.4, -0.2) is 56.5 Å². The Bertz CT molecular complexity index is 1330. The molecule has 7 nitrogen and oxygen atoms in total. The maximum absolute atomic E-state index is 14.2. The number of H-pyrrole nitrogens is 1. The lowest BCUT2D eigenvalue weighted by molar-refractivity contribution is -0.163. The second-order valence-electron chi connectivity index (χ2n) is 12.1. The molecule has 6 rings (SSSR count). The summed E-state index contributed by atoms with van der Waals surface area (Å²) in [6, 6.07) is 19.9. The van der Waals surface area contributed by atoms with E-state index >= 15 is 0 Å². The maximum atomic E-state index is 14.2. The summed E-state index contributed by atoms with van der Waals surface area (Å²) in [5.41, 5.74) is 3.21. The van der Waals surface area contributed by atoms with E-state index in [1.807, 2.05) is 60.4 Å². The second kappa shape index (κ2) is 12.0. The Kier molecular flexibility index (Phi) is 8.18. The highest BCUT2D eigenvalue weighted by molar-refractivity contribution is 6.30. The Morgan fingerprint density at radius 2 is 1.63 bits per heavy atom. The Balaban J connectivity index is 1.28. The second-order valence-corrected chi connectivity index (χ2v) is 12.5. The molecule has 1 aliphatic carbocycles. The fourth-order valence-corrected chi connectivity index (χ4v) is 7.64. The van der Waals surface area contributed by atoms with E-state index in [1.54, 1.807) is 0 Å². The van der Waals surface area contributed by atoms with Crippen molar-refractivity contribution in [2.45, 2.75) is 82.5 Å². The van der Waals surface area contributed by atoms with Gasteiger partial charge in [0.1, 0.15) is 11.6 Å². The summed E-state index contributed by atoms with van der Waals surface area (Å²) in [7, 11) is 0. The Labute approximate surface area is 247 Å². The van der Waals surface area contributed by atoms with E-state index in [0.29, 0.717) is 43.5 Å². The minimum atomic E-state index is -0.872. The van der Waals surface area contributed by atoms with Gasteiger partial charge in [0.15, 0.2) is 5.15 Å². The average Bonchev–Trinajstić information content (AvgIpc) is 3.34. The first kappa shape index (κ1) is 28.0. The van der Waals surface area contributed by atoms with E-state index in [0.717, 1.165) is 41.6 Å². The first-order chi connectivity index (χ1) is 20.0. The van der Waals surface area contributed by atoms with Gasteiger partial charge in [0.25, 0.3) is 0 Å². The van der Waals surface area contributed by atoms with Crippen molar-refractivity contribution >= 4 is 23.4 Å². The van der Waals surface area contributed by atoms with Gasteiger partial charge in [-0.05, 0) is 43.2 Å². The molecular weight excluding hydrogens is 534 g/mol. The highest BCUT2D eigenvalue weighted by Crippen LogP contribution is 2.41. The van der Waals surface area contributed by atoms with Crippen molar-refractivity contribution in [3.8, 4) is 0 Å². The molecule has 2 aromatic carbocycles. The molecule has 2 atom stereocenters. The van der Waals surface area contributed by atoms with Gasteiger partial charge in [-0.2, -0.15) is 5.10 Å². The van der Waals surface area contributed by atoms with Crippen LogP contribution < -0.4 is 5.32 Å². The molecule has 0 radical (unpaired) electrons. The summed E-state index contributed by atoms with van der Waals surface area (Å²) < 4.78 is 0. The third-order valence-electron chi connectivity index (χ3n) is 9.61. The van der Waals surface area contributed by atoms with Crippen molar-refractivity contribution in [1.82, 2.24) is 25.3 Å². The van der Waals surface area contributed by atoms with Gasteiger partial charge < -0.3 is 10.2 Å². The molecule has 1 saturated carbocycles. The summed E-state index contributed by atoms with van der Waals surface area (Å²) in [4.78, 5) is 32.6. The van der Waals surface area contributed by atoms with Gasteiger partial charge in [0.2, 0.25) is 11.8 Å². The van der Waals surface area contributed by atoms with Gasteiger partial charge in [-0.25, -0.2) is 0 Å². The molecule has 2 aliphatic heterocycles. The number of benzene rings is 2. The van der Waals surface area contributed by atoms with Gasteiger partial charge in [-0.3, -0.25) is 19.6 Å². The van der Waals surface area contributed by atoms with Crippen molar-refractivity contribution in [2.75, 3.05) is 13.1 Å². The number of hydrogen-bond donors (Lipinski definition) is 2. The topological polar surface area (TPSA) is 81.3 Å². The van der Waals surface area contributed by atoms with E-state index in [2.05, 4.69) is 32.5 Å². The van der Waals surface area contributed by atoms with Crippen molar-refractivity contribution in [3.63, 3.8) is 0 Å². The third kappa shape index (κ3) is 5.54. The molecule has 41 heavy (non-hydrogen) atoms. The summed E-state index contributed by atoms with van der Waals surface area (Å²) in [5.74, 6) is 0.574. The largest absolute Gasteiger partial charge is 0.342 e. The maximum Gasteiger partial charge on any atom is 0.246 e. The molecule has 2 amide bonds. The number of hydrogen-bond acceptors (Lipinski definition) is 4. The molecule has 2 unspecified atom stereocenters. The molecule has 1 spiro atoms. The van der Waals surface area contributed by atoms with Crippen molar-refractivity contribution in [1.29, 1.82) is 0 Å². The number of aromatic nitrogens is 2. The van der Waals surface area contributed by atoms with Crippen LogP contribution in [0.5, 0.6) is 0 Å². The molecule has 3 aromatic rings. The van der Waals surface area contributed by atoms with Gasteiger partial charge in [-0.15, -0.1) is 0 Å². The molecule has 3 aliphatic rings. The monoisotopic (exact) mass is 573 g/mol. The van der Waals surface area contributed by atoms with E-state index < -0.39 is 11.6 Å². The Morgan fingerprint density at radius 3 is 2.27 bits per heavy atom. The quantitative estimate of drug-likeness (QED) is 0.375. The smallest absolute Gasteiger partial charge is 0.246 e. The van der Waals surface area contributed by atoms with Gasteiger partial charge in [-0.1, -0.05) is 104 Å². The number of nitrogens with zero attached hydrogens (tertiary/aromatic N) is 3. The van der Waals surface area contributed by atoms with Gasteiger partial charge >= 0.3 is 0 Å². The predicted octanol–water partition coefficient (Wildman–Crippen LogP) is 5.79. The summed E-state index contributed by atoms with van der Waals surface area (Å²) in [6.45, 7) is 3.75. The number of piperazine rings is 1. The van der Waals surface area contributed by atoms with Crippen LogP contribution in [0.2, 0.25) is 5.15 Å². The molecule has 1 aromatic heterocycles. The summed E-state index contributed by atoms with van der Waals surface area (Å²) in [5, 5.41) is 11.0. The third-order valence-corrected chi connectivity index (χ3v) is 9.90. The van der Waals surface area contributed by atoms with Crippen LogP contribution in [0.1, 0.15) is 79.8 Å². The Morgan fingerprint density at radius 1 is 0.976 bits per heavy atom. The fourth-order valence-electron chi connectivity index (χ4n) is 7.36. The number of nitrogens with one attached hydrogen (secondary N) is 2. The lowest BCUT2D eigenvalue weighted by Crippen LogP contribution is -2.72. The van der Waals surface area contributed by atoms with Gasteiger partial charge in [0.05, 0.1) is 6.04 Å². The minimum Gasteiger partial charge on any atom is -0.342 e. The number of likely N-dealkylation sites (tertiary alicyclic amines) is 1. The molecule has 3 fully saturated rings. The number of rotatable bonds is 7. The zero-order chi connectivity index (χ0) is 28.4. The number of amides is 2. The number of carbonyl (C=O) groups is 2. The van der Waals surface area contributed by atoms with E-state index in [1.165, 1.54) is 19.3 Å². The Hall–Kier alpha value is -3.16. The van der Waals surface area contributed by atoms with Crippen molar-refractivity contribution in [3.05, 3.63) is 88.2 Å². The van der Waals surface area contributed by atoms with Crippen LogP contribution in [0.4, 0.5) is 0 Å². The van der Waals surface area contributed by atoms with Crippen molar-refractivity contribution < 1.29 is 9.59 Å². The molecule has 216 valence electrons. The first-order valence-corrected chi connectivity index (χ1v) is 15.5. The van der Waals surface area contributed by atoms with Crippen LogP contribution >= 0.6 is 11.6 Å². The lowest BCUT2D eigenvalue weighted by Gasteiger charge is -2.53. The zero-order valence-electron chi connectivity index (χ0n) is 23.8.